The van der Waals surface area contributed by atoms with Gasteiger partial charge in [-0.2, -0.15) is 15.0 Å². The molecule has 7 heteroatoms. The first-order valence-corrected chi connectivity index (χ1v) is 19.2. The highest BCUT2D eigenvalue weighted by molar-refractivity contribution is 6.24. The van der Waals surface area contributed by atoms with Crippen molar-refractivity contribution >= 4 is 81.8 Å². The molecule has 0 atom stereocenters. The predicted octanol–water partition coefficient (Wildman–Crippen LogP) is 11.9. The molecule has 57 heavy (non-hydrogen) atoms. The zero-order valence-corrected chi connectivity index (χ0v) is 30.4. The Balaban J connectivity index is 1.05. The van der Waals surface area contributed by atoms with Gasteiger partial charge in [0.1, 0.15) is 5.65 Å². The second kappa shape index (κ2) is 11.3. The van der Waals surface area contributed by atoms with Crippen LogP contribution in [0.25, 0.3) is 116 Å². The number of rotatable bonds is 4. The lowest BCUT2D eigenvalue weighted by molar-refractivity contribution is 0.893. The molecule has 0 saturated carbocycles. The Bertz CT molecular complexity index is 3520. The van der Waals surface area contributed by atoms with Gasteiger partial charge >= 0.3 is 0 Å². The molecular weight excluding hydrogens is 699 g/mol. The molecule has 0 N–H and O–H groups in total. The van der Waals surface area contributed by atoms with Gasteiger partial charge in [0, 0.05) is 60.4 Å². The molecule has 13 rings (SSSR count). The fraction of sp³-hybridized carbons (Fsp3) is 0. The largest absolute Gasteiger partial charge is 0.292 e. The number of hydrogen-bond acceptors (Lipinski definition) is 4. The van der Waals surface area contributed by atoms with Crippen molar-refractivity contribution in [1.82, 2.24) is 33.5 Å². The van der Waals surface area contributed by atoms with Crippen molar-refractivity contribution < 1.29 is 0 Å². The van der Waals surface area contributed by atoms with Crippen LogP contribution >= 0.6 is 0 Å². The van der Waals surface area contributed by atoms with Crippen molar-refractivity contribution in [3.05, 3.63) is 176 Å². The van der Waals surface area contributed by atoms with Crippen molar-refractivity contribution in [2.45, 2.75) is 0 Å². The van der Waals surface area contributed by atoms with E-state index in [0.29, 0.717) is 17.7 Å². The molecular formula is C50H29N7. The van der Waals surface area contributed by atoms with Gasteiger partial charge < -0.3 is 0 Å². The van der Waals surface area contributed by atoms with Crippen molar-refractivity contribution in [2.75, 3.05) is 0 Å². The summed E-state index contributed by atoms with van der Waals surface area (Å²) in [6.07, 6.45) is 1.88. The summed E-state index contributed by atoms with van der Waals surface area (Å²) in [5, 5.41) is 9.44. The lowest BCUT2D eigenvalue weighted by atomic mass is 10.00. The Morgan fingerprint density at radius 3 is 1.33 bits per heavy atom. The van der Waals surface area contributed by atoms with E-state index in [1.54, 1.807) is 0 Å². The number of pyridine rings is 1. The van der Waals surface area contributed by atoms with Gasteiger partial charge in [0.05, 0.1) is 33.1 Å². The first-order valence-electron chi connectivity index (χ1n) is 19.2. The number of hydrogen-bond donors (Lipinski definition) is 0. The summed E-state index contributed by atoms with van der Waals surface area (Å²) >= 11 is 0. The summed E-state index contributed by atoms with van der Waals surface area (Å²) in [5.74, 6) is 1.72. The lowest BCUT2D eigenvalue weighted by Crippen LogP contribution is -2.10. The molecule has 7 nitrogen and oxygen atoms in total. The molecule has 7 aromatic carbocycles. The average Bonchev–Trinajstić information content (AvgIpc) is 4.01. The second-order valence-corrected chi connectivity index (χ2v) is 14.7. The van der Waals surface area contributed by atoms with Gasteiger partial charge in [-0.25, -0.2) is 4.98 Å². The summed E-state index contributed by atoms with van der Waals surface area (Å²) in [4.78, 5) is 20.7. The summed E-state index contributed by atoms with van der Waals surface area (Å²) in [6.45, 7) is 0. The minimum absolute atomic E-state index is 0.563. The van der Waals surface area contributed by atoms with Crippen LogP contribution < -0.4 is 0 Å². The highest BCUT2D eigenvalue weighted by Gasteiger charge is 2.22. The van der Waals surface area contributed by atoms with Gasteiger partial charge in [-0.3, -0.25) is 13.5 Å². The topological polar surface area (TPSA) is 65.8 Å². The molecule has 0 aliphatic carbocycles. The zero-order valence-electron chi connectivity index (χ0n) is 30.4. The quantitative estimate of drug-likeness (QED) is 0.181. The van der Waals surface area contributed by atoms with Crippen LogP contribution in [0.3, 0.4) is 0 Å². The summed E-state index contributed by atoms with van der Waals surface area (Å²) in [5.41, 5.74) is 10.7. The highest BCUT2D eigenvalue weighted by atomic mass is 15.3. The van der Waals surface area contributed by atoms with Crippen LogP contribution in [0.4, 0.5) is 0 Å². The number of nitrogens with zero attached hydrogens (tertiary/aromatic N) is 7. The molecule has 13 aromatic rings. The SMILES string of the molecule is c1ccc2c(c1)c1ccccc1n2-c1nc(-c2ccc(-c3cccc4c5cccc6c7cccnc7n(c34)c65)cc2)nc(-n2c3ccccc3c3ccccc32)n1. The third-order valence-corrected chi connectivity index (χ3v) is 11.7. The average molecular weight is 728 g/mol. The molecule has 0 amide bonds. The Morgan fingerprint density at radius 2 is 0.772 bits per heavy atom. The van der Waals surface area contributed by atoms with Crippen LogP contribution in [0, 0.1) is 0 Å². The lowest BCUT2D eigenvalue weighted by Gasteiger charge is -2.13. The van der Waals surface area contributed by atoms with Crippen LogP contribution in [0.15, 0.2) is 176 Å². The molecule has 6 heterocycles. The van der Waals surface area contributed by atoms with Gasteiger partial charge in [-0.05, 0) is 42.0 Å². The molecule has 0 aliphatic rings. The van der Waals surface area contributed by atoms with Gasteiger partial charge in [0.25, 0.3) is 0 Å². The van der Waals surface area contributed by atoms with E-state index in [0.717, 1.165) is 76.9 Å². The summed E-state index contributed by atoms with van der Waals surface area (Å²) in [7, 11) is 0. The standard InChI is InChI=1S/C50H29N7/c1-5-21-41-33(12-1)34-13-2-6-22-42(34)55(41)49-52-47(53-50(54-49)56-43-23-7-3-14-35(43)36-15-4-8-24-44(36)56)31-27-25-30(26-28-31)32-16-9-17-37-38-18-10-19-39-40-20-11-29-51-48(40)57(45(32)37)46(38)39/h1-29H. The molecule has 6 aromatic heterocycles. The van der Waals surface area contributed by atoms with Crippen LogP contribution in [0.2, 0.25) is 0 Å². The molecule has 0 saturated heterocycles. The monoisotopic (exact) mass is 727 g/mol. The van der Waals surface area contributed by atoms with E-state index in [-0.39, 0.29) is 0 Å². The van der Waals surface area contributed by atoms with Crippen LogP contribution in [-0.2, 0) is 0 Å². The molecule has 0 unspecified atom stereocenters. The number of benzene rings is 7. The molecule has 0 radical (unpaired) electrons. The van der Waals surface area contributed by atoms with E-state index in [9.17, 15) is 0 Å². The van der Waals surface area contributed by atoms with Gasteiger partial charge in [-0.15, -0.1) is 0 Å². The number of aromatic nitrogens is 7. The highest BCUT2D eigenvalue weighted by Crippen LogP contribution is 2.42. The molecule has 0 bridgehead atoms. The van der Waals surface area contributed by atoms with E-state index in [4.69, 9.17) is 19.9 Å². The zero-order chi connectivity index (χ0) is 37.2. The van der Waals surface area contributed by atoms with Gasteiger partial charge in [-0.1, -0.05) is 133 Å². The predicted molar refractivity (Wildman–Crippen MR) is 232 cm³/mol. The van der Waals surface area contributed by atoms with E-state index in [1.807, 2.05) is 12.3 Å². The van der Waals surface area contributed by atoms with E-state index < -0.39 is 0 Å². The Morgan fingerprint density at radius 1 is 0.333 bits per heavy atom. The Kier molecular flexibility index (Phi) is 6.04. The van der Waals surface area contributed by atoms with Crippen molar-refractivity contribution in [3.63, 3.8) is 0 Å². The maximum absolute atomic E-state index is 5.30. The number of para-hydroxylation sites is 6. The Labute approximate surface area is 324 Å². The second-order valence-electron chi connectivity index (χ2n) is 14.7. The van der Waals surface area contributed by atoms with Crippen LogP contribution in [0.5, 0.6) is 0 Å². The van der Waals surface area contributed by atoms with Crippen LogP contribution in [-0.4, -0.2) is 33.5 Å². The summed E-state index contributed by atoms with van der Waals surface area (Å²) in [6, 6.07) is 59.9. The van der Waals surface area contributed by atoms with Crippen molar-refractivity contribution in [1.29, 1.82) is 0 Å². The van der Waals surface area contributed by atoms with E-state index in [2.05, 4.69) is 177 Å². The minimum atomic E-state index is 0.563. The van der Waals surface area contributed by atoms with Gasteiger partial charge in [0.2, 0.25) is 11.9 Å². The third-order valence-electron chi connectivity index (χ3n) is 11.7. The number of fused-ring (bicyclic) bond motifs is 12. The molecule has 0 spiro atoms. The van der Waals surface area contributed by atoms with E-state index >= 15 is 0 Å². The minimum Gasteiger partial charge on any atom is -0.292 e. The van der Waals surface area contributed by atoms with Gasteiger partial charge in [0.15, 0.2) is 5.82 Å². The first kappa shape index (κ1) is 30.4. The van der Waals surface area contributed by atoms with Crippen LogP contribution in [0.1, 0.15) is 0 Å². The maximum atomic E-state index is 5.30. The summed E-state index contributed by atoms with van der Waals surface area (Å²) < 4.78 is 6.69. The smallest absolute Gasteiger partial charge is 0.240 e. The fourth-order valence-corrected chi connectivity index (χ4v) is 9.32. The Hall–Kier alpha value is -7.90. The fourth-order valence-electron chi connectivity index (χ4n) is 9.32. The first-order chi connectivity index (χ1) is 28.3. The molecule has 0 aliphatic heterocycles. The third kappa shape index (κ3) is 4.14. The molecule has 0 fully saturated rings. The van der Waals surface area contributed by atoms with Crippen molar-refractivity contribution in [3.8, 4) is 34.4 Å². The van der Waals surface area contributed by atoms with E-state index in [1.165, 1.54) is 21.7 Å². The molecule has 264 valence electrons. The maximum Gasteiger partial charge on any atom is 0.240 e. The normalized spacial score (nSPS) is 12.2. The van der Waals surface area contributed by atoms with Crippen molar-refractivity contribution in [2.24, 2.45) is 0 Å².